The normalized spacial score (nSPS) is 10.7. The summed E-state index contributed by atoms with van der Waals surface area (Å²) < 4.78 is 1.54. The molecule has 0 unspecified atom stereocenters. The van der Waals surface area contributed by atoms with E-state index in [-0.39, 0.29) is 11.4 Å². The van der Waals surface area contributed by atoms with Crippen LogP contribution in [0.3, 0.4) is 0 Å². The van der Waals surface area contributed by atoms with E-state index in [1.165, 1.54) is 17.0 Å². The molecule has 6 nitrogen and oxygen atoms in total. The Kier molecular flexibility index (Phi) is 3.80. The molecule has 6 heteroatoms. The quantitative estimate of drug-likeness (QED) is 0.778. The monoisotopic (exact) mass is 309 g/mol. The van der Waals surface area contributed by atoms with E-state index in [0.717, 1.165) is 0 Å². The molecule has 0 saturated carbocycles. The lowest BCUT2D eigenvalue weighted by Gasteiger charge is -2.14. The van der Waals surface area contributed by atoms with Crippen LogP contribution >= 0.6 is 0 Å². The summed E-state index contributed by atoms with van der Waals surface area (Å²) in [5.41, 5.74) is 0.342. The van der Waals surface area contributed by atoms with Gasteiger partial charge in [-0.15, -0.1) is 0 Å². The fraction of sp³-hybridized carbons (Fsp3) is 0.118. The molecule has 0 radical (unpaired) electrons. The van der Waals surface area contributed by atoms with Crippen molar-refractivity contribution in [2.75, 3.05) is 5.32 Å². The molecular formula is C17H15N3O3. The van der Waals surface area contributed by atoms with E-state index < -0.39 is 11.3 Å². The molecule has 1 aromatic carbocycles. The second-order valence-corrected chi connectivity index (χ2v) is 4.98. The maximum atomic E-state index is 12.6. The summed E-state index contributed by atoms with van der Waals surface area (Å²) in [5.74, 6) is -0.977. The van der Waals surface area contributed by atoms with Gasteiger partial charge in [0, 0.05) is 30.0 Å². The first-order valence-corrected chi connectivity index (χ1v) is 7.19. The zero-order valence-electron chi connectivity index (χ0n) is 12.5. The molecular weight excluding hydrogens is 294 g/mol. The lowest BCUT2D eigenvalue weighted by atomic mass is 10.1. The van der Waals surface area contributed by atoms with Crippen molar-refractivity contribution in [2.24, 2.45) is 0 Å². The molecule has 3 rings (SSSR count). The van der Waals surface area contributed by atoms with Crippen LogP contribution in [0, 0.1) is 0 Å². The average Bonchev–Trinajstić information content (AvgIpc) is 2.56. The third-order valence-electron chi connectivity index (χ3n) is 3.63. The summed E-state index contributed by atoms with van der Waals surface area (Å²) in [4.78, 5) is 28.9. The van der Waals surface area contributed by atoms with Crippen molar-refractivity contribution in [1.82, 2.24) is 9.55 Å². The molecule has 1 amide bonds. The van der Waals surface area contributed by atoms with E-state index in [4.69, 9.17) is 0 Å². The minimum absolute atomic E-state index is 0.262. The van der Waals surface area contributed by atoms with Gasteiger partial charge in [0.05, 0.1) is 5.52 Å². The Morgan fingerprint density at radius 3 is 2.61 bits per heavy atom. The van der Waals surface area contributed by atoms with Gasteiger partial charge in [0.15, 0.2) is 0 Å². The third kappa shape index (κ3) is 2.55. The highest BCUT2D eigenvalue weighted by molar-refractivity contribution is 6.07. The molecule has 0 bridgehead atoms. The lowest BCUT2D eigenvalue weighted by Crippen LogP contribution is -2.24. The topological polar surface area (TPSA) is 84.2 Å². The number of benzene rings is 1. The number of amides is 1. The minimum Gasteiger partial charge on any atom is -0.494 e. The van der Waals surface area contributed by atoms with E-state index in [9.17, 15) is 14.7 Å². The van der Waals surface area contributed by atoms with Gasteiger partial charge >= 0.3 is 0 Å². The van der Waals surface area contributed by atoms with E-state index in [2.05, 4.69) is 10.3 Å². The molecule has 0 aliphatic heterocycles. The van der Waals surface area contributed by atoms with E-state index >= 15 is 0 Å². The van der Waals surface area contributed by atoms with Crippen LogP contribution in [0.2, 0.25) is 0 Å². The number of hydrogen-bond acceptors (Lipinski definition) is 4. The number of hydrogen-bond donors (Lipinski definition) is 2. The fourth-order valence-electron chi connectivity index (χ4n) is 2.54. The molecule has 0 fully saturated rings. The van der Waals surface area contributed by atoms with Gasteiger partial charge in [-0.25, -0.2) is 0 Å². The predicted molar refractivity (Wildman–Crippen MR) is 87.7 cm³/mol. The second kappa shape index (κ2) is 5.92. The van der Waals surface area contributed by atoms with Crippen molar-refractivity contribution in [3.05, 3.63) is 64.6 Å². The summed E-state index contributed by atoms with van der Waals surface area (Å²) in [5, 5.41) is 13.4. The van der Waals surface area contributed by atoms with Crippen LogP contribution in [-0.2, 0) is 6.54 Å². The number of aryl methyl sites for hydroxylation is 1. The lowest BCUT2D eigenvalue weighted by molar-refractivity contribution is 0.102. The molecule has 0 spiro atoms. The molecule has 0 aliphatic rings. The maximum Gasteiger partial charge on any atom is 0.265 e. The first-order chi connectivity index (χ1) is 11.1. The van der Waals surface area contributed by atoms with Crippen molar-refractivity contribution in [3.63, 3.8) is 0 Å². The summed E-state index contributed by atoms with van der Waals surface area (Å²) in [6.45, 7) is 2.27. The number of anilines is 1. The van der Waals surface area contributed by atoms with Gasteiger partial charge in [-0.3, -0.25) is 14.6 Å². The van der Waals surface area contributed by atoms with Gasteiger partial charge in [0.25, 0.3) is 5.91 Å². The van der Waals surface area contributed by atoms with Gasteiger partial charge in [0.2, 0.25) is 11.3 Å². The summed E-state index contributed by atoms with van der Waals surface area (Å²) >= 11 is 0. The number of carbonyl (C=O) groups excluding carboxylic acids is 1. The molecule has 0 atom stereocenters. The van der Waals surface area contributed by atoms with Gasteiger partial charge in [-0.05, 0) is 31.2 Å². The third-order valence-corrected chi connectivity index (χ3v) is 3.63. The first-order valence-electron chi connectivity index (χ1n) is 7.19. The molecule has 2 aromatic heterocycles. The Labute approximate surface area is 132 Å². The summed E-state index contributed by atoms with van der Waals surface area (Å²) in [6.07, 6.45) is 3.06. The second-order valence-electron chi connectivity index (χ2n) is 4.98. The van der Waals surface area contributed by atoms with E-state index in [1.807, 2.05) is 6.92 Å². The van der Waals surface area contributed by atoms with Crippen LogP contribution in [0.5, 0.6) is 5.88 Å². The van der Waals surface area contributed by atoms with Crippen LogP contribution in [0.4, 0.5) is 5.69 Å². The molecule has 0 aliphatic carbocycles. The Hall–Kier alpha value is -3.15. The Bertz CT molecular complexity index is 933. The number of rotatable bonds is 3. The van der Waals surface area contributed by atoms with Crippen molar-refractivity contribution < 1.29 is 9.90 Å². The smallest absolute Gasteiger partial charge is 0.265 e. The standard InChI is InChI=1S/C17H15N3O3/c1-2-20-13-6-4-3-5-12(13)15(21)14(17(20)23)16(22)19-11-7-9-18-10-8-11/h3-10,23H,2H2,1H3,(H,18,19,22). The molecule has 116 valence electrons. The van der Waals surface area contributed by atoms with Crippen molar-refractivity contribution in [3.8, 4) is 5.88 Å². The van der Waals surface area contributed by atoms with Gasteiger partial charge < -0.3 is 15.0 Å². The van der Waals surface area contributed by atoms with Crippen LogP contribution < -0.4 is 10.7 Å². The number of aromatic hydroxyl groups is 1. The maximum absolute atomic E-state index is 12.6. The van der Waals surface area contributed by atoms with Crippen LogP contribution in [0.25, 0.3) is 10.9 Å². The molecule has 3 aromatic rings. The Morgan fingerprint density at radius 1 is 1.22 bits per heavy atom. The van der Waals surface area contributed by atoms with E-state index in [0.29, 0.717) is 23.1 Å². The highest BCUT2D eigenvalue weighted by Gasteiger charge is 2.21. The zero-order chi connectivity index (χ0) is 16.4. The SMILES string of the molecule is CCn1c(O)c(C(=O)Nc2ccncc2)c(=O)c2ccccc21. The molecule has 0 saturated heterocycles. The molecule has 2 N–H and O–H groups in total. The number of nitrogens with one attached hydrogen (secondary N) is 1. The van der Waals surface area contributed by atoms with Crippen LogP contribution in [-0.4, -0.2) is 20.6 Å². The van der Waals surface area contributed by atoms with Crippen LogP contribution in [0.15, 0.2) is 53.6 Å². The predicted octanol–water partition coefficient (Wildman–Crippen LogP) is 2.37. The minimum atomic E-state index is -0.647. The first kappa shape index (κ1) is 14.8. The number of nitrogens with zero attached hydrogens (tertiary/aromatic N) is 2. The summed E-state index contributed by atoms with van der Waals surface area (Å²) in [6, 6.07) is 10.1. The van der Waals surface area contributed by atoms with Gasteiger partial charge in [-0.1, -0.05) is 12.1 Å². The number of fused-ring (bicyclic) bond motifs is 1. The highest BCUT2D eigenvalue weighted by Crippen LogP contribution is 2.22. The number of pyridine rings is 2. The highest BCUT2D eigenvalue weighted by atomic mass is 16.3. The van der Waals surface area contributed by atoms with Crippen molar-refractivity contribution in [2.45, 2.75) is 13.5 Å². The molecule has 23 heavy (non-hydrogen) atoms. The summed E-state index contributed by atoms with van der Waals surface area (Å²) in [7, 11) is 0. The average molecular weight is 309 g/mol. The Balaban J connectivity index is 2.17. The zero-order valence-corrected chi connectivity index (χ0v) is 12.5. The van der Waals surface area contributed by atoms with E-state index in [1.54, 1.807) is 36.4 Å². The number of para-hydroxylation sites is 1. The van der Waals surface area contributed by atoms with Gasteiger partial charge in [-0.2, -0.15) is 0 Å². The van der Waals surface area contributed by atoms with Crippen LogP contribution in [0.1, 0.15) is 17.3 Å². The Morgan fingerprint density at radius 2 is 1.91 bits per heavy atom. The fourth-order valence-corrected chi connectivity index (χ4v) is 2.54. The molecule has 2 heterocycles. The largest absolute Gasteiger partial charge is 0.494 e. The van der Waals surface area contributed by atoms with Gasteiger partial charge in [0.1, 0.15) is 5.56 Å². The van der Waals surface area contributed by atoms with Crippen molar-refractivity contribution >= 4 is 22.5 Å². The van der Waals surface area contributed by atoms with Crippen molar-refractivity contribution in [1.29, 1.82) is 0 Å². The number of aromatic nitrogens is 2. The number of carbonyl (C=O) groups is 1.